The maximum atomic E-state index is 11.4. The van der Waals surface area contributed by atoms with Crippen LogP contribution in [0.5, 0.6) is 0 Å². The predicted octanol–water partition coefficient (Wildman–Crippen LogP) is -14.2. The molecular weight excluding hydrogens is 408 g/mol. The van der Waals surface area contributed by atoms with E-state index in [4.69, 9.17) is 20.4 Å². The van der Waals surface area contributed by atoms with Gasteiger partial charge in [-0.3, -0.25) is 29.0 Å². The summed E-state index contributed by atoms with van der Waals surface area (Å²) in [6.07, 6.45) is 0. The number of carbonyl (C=O) groups is 4. The summed E-state index contributed by atoms with van der Waals surface area (Å²) >= 11 is 0. The van der Waals surface area contributed by atoms with Gasteiger partial charge in [-0.05, 0) is 0 Å². The Morgan fingerprint density at radius 1 is 0.704 bits per heavy atom. The normalized spacial score (nSPS) is 9.15. The Bertz CT molecular complexity index is 444. The van der Waals surface area contributed by atoms with Crippen molar-refractivity contribution in [3.05, 3.63) is 0 Å². The molecule has 0 saturated heterocycles. The van der Waals surface area contributed by atoms with Crippen LogP contribution in [-0.4, -0.2) is 107 Å². The van der Waals surface area contributed by atoms with Gasteiger partial charge in [-0.1, -0.05) is 0 Å². The molecule has 140 valence electrons. The first-order chi connectivity index (χ1) is 10.7. The molecule has 0 aliphatic rings. The molecule has 4 N–H and O–H groups in total. The zero-order valence-electron chi connectivity index (χ0n) is 20.4. The van der Waals surface area contributed by atoms with Crippen LogP contribution in [0.25, 0.3) is 0 Å². The first kappa shape index (κ1) is 39.3. The van der Waals surface area contributed by atoms with Crippen molar-refractivity contribution >= 4 is 23.9 Å². The van der Waals surface area contributed by atoms with Crippen molar-refractivity contribution in [1.29, 1.82) is 0 Å². The molecule has 0 aromatic heterocycles. The van der Waals surface area contributed by atoms with Crippen LogP contribution in [0.1, 0.15) is 5.71 Å². The minimum Gasteiger partial charge on any atom is -1.00 e. The second-order valence-corrected chi connectivity index (χ2v) is 4.55. The number of hydrogen-bond donors (Lipinski definition) is 4. The fraction of sp³-hybridized carbons (Fsp3) is 0.667. The summed E-state index contributed by atoms with van der Waals surface area (Å²) in [5, 5.41) is 34.7. The molecule has 0 bridgehead atoms. The molecule has 11 nitrogen and oxygen atoms in total. The van der Waals surface area contributed by atoms with Crippen LogP contribution >= 0.6 is 0 Å². The third-order valence-electron chi connectivity index (χ3n) is 2.52. The number of hydrogen-bond acceptors (Lipinski definition) is 8. The van der Waals surface area contributed by atoms with Crippen LogP contribution in [0.4, 0.5) is 0 Å². The molecule has 0 radical (unpaired) electrons. The third kappa shape index (κ3) is 25.7. The van der Waals surface area contributed by atoms with E-state index in [1.54, 1.807) is 0 Å². The number of carbonyl (C=O) groups excluding carboxylic acids is 1. The van der Waals surface area contributed by atoms with Crippen LogP contribution in [0, 0.1) is 0 Å². The van der Waals surface area contributed by atoms with Crippen molar-refractivity contribution in [2.24, 2.45) is 0 Å². The SMILES string of the molecule is O=C(O)CN(CCN(CC(=O)O)CC(=O)OCCO)CC(=O)O.[H-].[H-].[H-].[H-].[Na+].[Na+].[Na+].[Na+]. The Morgan fingerprint density at radius 2 is 1.04 bits per heavy atom. The Morgan fingerprint density at radius 3 is 1.33 bits per heavy atom. The molecule has 0 aromatic carbocycles. The Kier molecular flexibility index (Phi) is 34.9. The van der Waals surface area contributed by atoms with Gasteiger partial charge in [0.2, 0.25) is 0 Å². The van der Waals surface area contributed by atoms with Crippen molar-refractivity contribution in [3.63, 3.8) is 0 Å². The van der Waals surface area contributed by atoms with E-state index in [1.165, 1.54) is 4.90 Å². The molecule has 0 unspecified atom stereocenters. The summed E-state index contributed by atoms with van der Waals surface area (Å²) in [7, 11) is 0. The summed E-state index contributed by atoms with van der Waals surface area (Å²) in [6, 6.07) is 0. The van der Waals surface area contributed by atoms with Crippen LogP contribution in [0.2, 0.25) is 0 Å². The molecule has 0 aliphatic heterocycles. The molecular formula is C12H24N2Na4O9. The van der Waals surface area contributed by atoms with Gasteiger partial charge in [-0.25, -0.2) is 0 Å². The van der Waals surface area contributed by atoms with Crippen molar-refractivity contribution in [1.82, 2.24) is 9.80 Å². The molecule has 27 heavy (non-hydrogen) atoms. The van der Waals surface area contributed by atoms with Gasteiger partial charge in [0, 0.05) is 13.1 Å². The molecule has 0 fully saturated rings. The zero-order chi connectivity index (χ0) is 17.8. The van der Waals surface area contributed by atoms with Crippen molar-refractivity contribution < 1.29 is 168 Å². The van der Waals surface area contributed by atoms with E-state index < -0.39 is 43.5 Å². The fourth-order valence-corrected chi connectivity index (χ4v) is 1.67. The van der Waals surface area contributed by atoms with Gasteiger partial charge >= 0.3 is 142 Å². The molecule has 0 rings (SSSR count). The van der Waals surface area contributed by atoms with E-state index in [-0.39, 0.29) is 157 Å². The zero-order valence-corrected chi connectivity index (χ0v) is 24.4. The van der Waals surface area contributed by atoms with E-state index >= 15 is 0 Å². The monoisotopic (exact) mass is 432 g/mol. The average molecular weight is 432 g/mol. The van der Waals surface area contributed by atoms with E-state index in [0.717, 1.165) is 4.90 Å². The predicted molar refractivity (Wildman–Crippen MR) is 78.3 cm³/mol. The molecule has 0 spiro atoms. The Balaban J connectivity index is -0.0000000864. The third-order valence-corrected chi connectivity index (χ3v) is 2.52. The van der Waals surface area contributed by atoms with Crippen LogP contribution in [0.15, 0.2) is 0 Å². The molecule has 0 heterocycles. The first-order valence-electron chi connectivity index (χ1n) is 6.61. The number of nitrogens with zero attached hydrogens (tertiary/aromatic N) is 2. The molecule has 0 saturated carbocycles. The van der Waals surface area contributed by atoms with Gasteiger partial charge in [-0.15, -0.1) is 0 Å². The Labute approximate surface area is 251 Å². The number of carboxylic acid groups (broad SMARTS) is 3. The van der Waals surface area contributed by atoms with Crippen molar-refractivity contribution in [2.75, 3.05) is 52.5 Å². The number of esters is 1. The van der Waals surface area contributed by atoms with Gasteiger partial charge in [0.25, 0.3) is 0 Å². The number of aliphatic carboxylic acids is 3. The maximum absolute atomic E-state index is 11.4. The molecule has 0 aliphatic carbocycles. The quantitative estimate of drug-likeness (QED) is 0.161. The van der Waals surface area contributed by atoms with Gasteiger partial charge in [0.1, 0.15) is 6.61 Å². The molecule has 0 atom stereocenters. The second-order valence-electron chi connectivity index (χ2n) is 4.55. The first-order valence-corrected chi connectivity index (χ1v) is 6.61. The van der Waals surface area contributed by atoms with Crippen LogP contribution < -0.4 is 118 Å². The summed E-state index contributed by atoms with van der Waals surface area (Å²) in [5.74, 6) is -4.40. The summed E-state index contributed by atoms with van der Waals surface area (Å²) in [4.78, 5) is 45.8. The second kappa shape index (κ2) is 24.0. The van der Waals surface area contributed by atoms with Crippen LogP contribution in [0.3, 0.4) is 0 Å². The van der Waals surface area contributed by atoms with E-state index in [1.807, 2.05) is 0 Å². The molecule has 15 heteroatoms. The van der Waals surface area contributed by atoms with Crippen molar-refractivity contribution in [2.45, 2.75) is 0 Å². The van der Waals surface area contributed by atoms with Gasteiger partial charge in [0.15, 0.2) is 0 Å². The molecule has 0 aromatic rings. The minimum absolute atomic E-state index is 0. The standard InChI is InChI=1S/C12H20N2O9.4Na.4H/c15-3-4-23-12(22)8-14(7-11(20)21)2-1-13(5-9(16)17)6-10(18)19;;;;;;;;/h15H,1-8H2,(H,16,17)(H,18,19)(H,20,21);;;;;;;;/q;4*+1;4*-1. The number of aliphatic hydroxyl groups excluding tert-OH is 1. The number of ether oxygens (including phenoxy) is 1. The maximum Gasteiger partial charge on any atom is 1.00 e. The average Bonchev–Trinajstić information content (AvgIpc) is 2.40. The topological polar surface area (TPSA) is 165 Å². The van der Waals surface area contributed by atoms with Gasteiger partial charge in [-0.2, -0.15) is 0 Å². The summed E-state index contributed by atoms with van der Waals surface area (Å²) in [5.41, 5.74) is 0. The Hall–Kier alpha value is 1.76. The smallest absolute Gasteiger partial charge is 1.00 e. The van der Waals surface area contributed by atoms with Crippen LogP contribution in [-0.2, 0) is 23.9 Å². The fourth-order valence-electron chi connectivity index (χ4n) is 1.67. The molecule has 0 amide bonds. The summed E-state index contributed by atoms with van der Waals surface area (Å²) in [6.45, 7) is -2.60. The minimum atomic E-state index is -1.22. The number of carboxylic acids is 3. The summed E-state index contributed by atoms with van der Waals surface area (Å²) < 4.78 is 4.61. The van der Waals surface area contributed by atoms with Gasteiger partial charge in [0.05, 0.1) is 32.8 Å². The van der Waals surface area contributed by atoms with E-state index in [2.05, 4.69) is 4.74 Å². The number of rotatable bonds is 13. The van der Waals surface area contributed by atoms with Crippen molar-refractivity contribution in [3.8, 4) is 0 Å². The number of aliphatic hydroxyl groups is 1. The largest absolute Gasteiger partial charge is 1.00 e. The van der Waals surface area contributed by atoms with E-state index in [0.29, 0.717) is 0 Å². The van der Waals surface area contributed by atoms with E-state index in [9.17, 15) is 19.2 Å². The van der Waals surface area contributed by atoms with Gasteiger partial charge < -0.3 is 30.9 Å².